The number of rotatable bonds is 5. The molecule has 9 nitrogen and oxygen atoms in total. The van der Waals surface area contributed by atoms with Crippen LogP contribution < -0.4 is 16.6 Å². The molecule has 0 aliphatic heterocycles. The van der Waals surface area contributed by atoms with E-state index in [2.05, 4.69) is 15.3 Å². The molecule has 1 amide bonds. The molecule has 0 aliphatic rings. The van der Waals surface area contributed by atoms with E-state index in [-0.39, 0.29) is 12.3 Å². The number of nitrogens with two attached hydrogens (primary N) is 1. The van der Waals surface area contributed by atoms with Gasteiger partial charge in [0, 0.05) is 12.6 Å². The molecule has 3 aromatic rings. The molecule has 0 saturated carbocycles. The maximum absolute atomic E-state index is 11.9. The first-order chi connectivity index (χ1) is 12.5. The lowest BCUT2D eigenvalue weighted by atomic mass is 10.1. The number of pyridine rings is 1. The second-order valence-electron chi connectivity index (χ2n) is 5.65. The summed E-state index contributed by atoms with van der Waals surface area (Å²) >= 11 is 0. The van der Waals surface area contributed by atoms with Crippen LogP contribution in [0.15, 0.2) is 41.5 Å². The third-order valence-corrected chi connectivity index (χ3v) is 3.82. The van der Waals surface area contributed by atoms with Crippen LogP contribution >= 0.6 is 0 Å². The molecule has 4 N–H and O–H groups in total. The molecule has 0 radical (unpaired) electrons. The first-order valence-corrected chi connectivity index (χ1v) is 7.76. The zero-order valence-corrected chi connectivity index (χ0v) is 14.0. The molecule has 9 heteroatoms. The van der Waals surface area contributed by atoms with Crippen molar-refractivity contribution in [3.63, 3.8) is 0 Å². The highest BCUT2D eigenvalue weighted by atomic mass is 16.5. The Balaban J connectivity index is 1.87. The smallest absolute Gasteiger partial charge is 0.404 e. The van der Waals surface area contributed by atoms with E-state index in [1.807, 2.05) is 24.3 Å². The van der Waals surface area contributed by atoms with E-state index >= 15 is 0 Å². The van der Waals surface area contributed by atoms with Gasteiger partial charge in [-0.05, 0) is 18.1 Å². The molecule has 134 valence electrons. The fraction of sp³-hybridized carbons (Fsp3) is 0.176. The summed E-state index contributed by atoms with van der Waals surface area (Å²) in [5.74, 6) is 0. The molecular formula is C17H17N5O4. The third-order valence-electron chi connectivity index (χ3n) is 3.82. The van der Waals surface area contributed by atoms with Crippen molar-refractivity contribution in [3.8, 4) is 0 Å². The summed E-state index contributed by atoms with van der Waals surface area (Å²) in [4.78, 5) is 30.7. The number of ether oxygens (including phenoxy) is 1. The summed E-state index contributed by atoms with van der Waals surface area (Å²) < 4.78 is 5.28. The molecule has 2 aromatic heterocycles. The van der Waals surface area contributed by atoms with Gasteiger partial charge in [-0.25, -0.2) is 14.8 Å². The number of benzene rings is 1. The first-order valence-electron chi connectivity index (χ1n) is 7.76. The lowest BCUT2D eigenvalue weighted by Crippen LogP contribution is -2.20. The topological polar surface area (TPSA) is 132 Å². The van der Waals surface area contributed by atoms with Gasteiger partial charge in [0.1, 0.15) is 12.9 Å². The molecule has 26 heavy (non-hydrogen) atoms. The summed E-state index contributed by atoms with van der Waals surface area (Å²) in [6, 6.07) is 8.68. The minimum atomic E-state index is -0.833. The normalized spacial score (nSPS) is 10.7. The van der Waals surface area contributed by atoms with E-state index < -0.39 is 11.7 Å². The van der Waals surface area contributed by atoms with Crippen molar-refractivity contribution in [1.29, 1.82) is 0 Å². The van der Waals surface area contributed by atoms with Crippen molar-refractivity contribution in [2.24, 2.45) is 5.73 Å². The Labute approximate surface area is 148 Å². The fourth-order valence-electron chi connectivity index (χ4n) is 2.62. The number of aryl methyl sites for hydroxylation is 1. The van der Waals surface area contributed by atoms with E-state index in [1.54, 1.807) is 6.92 Å². The second-order valence-corrected chi connectivity index (χ2v) is 5.65. The Morgan fingerprint density at radius 1 is 1.31 bits per heavy atom. The predicted molar refractivity (Wildman–Crippen MR) is 93.9 cm³/mol. The van der Waals surface area contributed by atoms with Crippen LogP contribution in [0.4, 0.5) is 10.5 Å². The molecule has 0 unspecified atom stereocenters. The third kappa shape index (κ3) is 3.56. The Hall–Kier alpha value is -3.62. The number of nitrogens with one attached hydrogen (secondary N) is 1. The Morgan fingerprint density at radius 2 is 2.08 bits per heavy atom. The zero-order chi connectivity index (χ0) is 18.7. The number of primary amides is 1. The maximum Gasteiger partial charge on any atom is 0.404 e. The van der Waals surface area contributed by atoms with E-state index in [1.165, 1.54) is 12.4 Å². The molecule has 2 heterocycles. The number of anilines is 1. The minimum Gasteiger partial charge on any atom is -0.445 e. The zero-order valence-electron chi connectivity index (χ0n) is 14.0. The Morgan fingerprint density at radius 3 is 2.85 bits per heavy atom. The number of amides is 1. The van der Waals surface area contributed by atoms with Crippen LogP contribution in [0.5, 0.6) is 0 Å². The Bertz CT molecular complexity index is 1030. The standard InChI is InChI=1S/C17H17N5O4/c1-10-15-13(6-14(23)22(25)16(15)21-9-20-10)19-7-11-3-2-4-12(5-11)8-26-17(18)24/h2-6,9,19,25H,7-8H2,1H3,(H2,18,24). The van der Waals surface area contributed by atoms with Crippen LogP contribution in [0.2, 0.25) is 0 Å². The summed E-state index contributed by atoms with van der Waals surface area (Å²) in [7, 11) is 0. The van der Waals surface area contributed by atoms with Gasteiger partial charge in [-0.1, -0.05) is 24.3 Å². The van der Waals surface area contributed by atoms with Crippen LogP contribution in [-0.2, 0) is 17.9 Å². The molecule has 0 saturated heterocycles. The van der Waals surface area contributed by atoms with E-state index in [0.29, 0.717) is 28.0 Å². The van der Waals surface area contributed by atoms with E-state index in [4.69, 9.17) is 10.5 Å². The molecule has 0 aliphatic carbocycles. The van der Waals surface area contributed by atoms with Crippen molar-refractivity contribution in [2.45, 2.75) is 20.1 Å². The molecular weight excluding hydrogens is 338 g/mol. The molecule has 0 bridgehead atoms. The van der Waals surface area contributed by atoms with Crippen molar-refractivity contribution < 1.29 is 14.7 Å². The van der Waals surface area contributed by atoms with E-state index in [0.717, 1.165) is 11.1 Å². The van der Waals surface area contributed by atoms with Crippen LogP contribution in [0, 0.1) is 6.92 Å². The number of hydrogen-bond acceptors (Lipinski definition) is 7. The van der Waals surface area contributed by atoms with Crippen LogP contribution in [0.3, 0.4) is 0 Å². The highest BCUT2D eigenvalue weighted by Crippen LogP contribution is 2.22. The largest absolute Gasteiger partial charge is 0.445 e. The summed E-state index contributed by atoms with van der Waals surface area (Å²) in [5.41, 5.74) is 7.36. The number of hydrogen-bond donors (Lipinski definition) is 3. The van der Waals surface area contributed by atoms with Crippen LogP contribution in [0.25, 0.3) is 11.0 Å². The molecule has 0 fully saturated rings. The number of aromatic nitrogens is 3. The van der Waals surface area contributed by atoms with Crippen molar-refractivity contribution in [3.05, 3.63) is 63.8 Å². The van der Waals surface area contributed by atoms with E-state index in [9.17, 15) is 14.8 Å². The van der Waals surface area contributed by atoms with Gasteiger partial charge in [0.25, 0.3) is 5.56 Å². The lowest BCUT2D eigenvalue weighted by Gasteiger charge is -2.12. The first kappa shape index (κ1) is 17.2. The molecule has 0 atom stereocenters. The second kappa shape index (κ2) is 7.09. The maximum atomic E-state index is 11.9. The van der Waals surface area contributed by atoms with Gasteiger partial charge >= 0.3 is 6.09 Å². The number of carbonyl (C=O) groups is 1. The van der Waals surface area contributed by atoms with Gasteiger partial charge in [-0.3, -0.25) is 4.79 Å². The molecule has 0 spiro atoms. The molecule has 1 aromatic carbocycles. The summed E-state index contributed by atoms with van der Waals surface area (Å²) in [6.07, 6.45) is 0.454. The van der Waals surface area contributed by atoms with Gasteiger partial charge in [0.15, 0.2) is 5.65 Å². The average molecular weight is 355 g/mol. The summed E-state index contributed by atoms with van der Waals surface area (Å²) in [6.45, 7) is 2.25. The van der Waals surface area contributed by atoms with Gasteiger partial charge < -0.3 is 21.0 Å². The van der Waals surface area contributed by atoms with Crippen molar-refractivity contribution in [1.82, 2.24) is 14.7 Å². The van der Waals surface area contributed by atoms with Gasteiger partial charge in [0.2, 0.25) is 0 Å². The number of fused-ring (bicyclic) bond motifs is 1. The quantitative estimate of drug-likeness (QED) is 0.591. The highest BCUT2D eigenvalue weighted by Gasteiger charge is 2.12. The minimum absolute atomic E-state index is 0.0829. The predicted octanol–water partition coefficient (Wildman–Crippen LogP) is 1.54. The fourth-order valence-corrected chi connectivity index (χ4v) is 2.62. The Kier molecular flexibility index (Phi) is 4.70. The average Bonchev–Trinajstić information content (AvgIpc) is 2.62. The van der Waals surface area contributed by atoms with Crippen molar-refractivity contribution >= 4 is 22.8 Å². The van der Waals surface area contributed by atoms with Gasteiger partial charge in [-0.2, -0.15) is 0 Å². The SMILES string of the molecule is Cc1ncnc2c1c(NCc1cccc(COC(N)=O)c1)cc(=O)n2O. The monoisotopic (exact) mass is 355 g/mol. The van der Waals surface area contributed by atoms with Crippen molar-refractivity contribution in [2.75, 3.05) is 5.32 Å². The molecule has 3 rings (SSSR count). The lowest BCUT2D eigenvalue weighted by molar-refractivity contribution is 0.150. The highest BCUT2D eigenvalue weighted by molar-refractivity contribution is 5.90. The summed E-state index contributed by atoms with van der Waals surface area (Å²) in [5, 5.41) is 13.6. The van der Waals surface area contributed by atoms with Gasteiger partial charge in [-0.15, -0.1) is 4.73 Å². The van der Waals surface area contributed by atoms with Crippen LogP contribution in [-0.4, -0.2) is 26.0 Å². The van der Waals surface area contributed by atoms with Crippen LogP contribution in [0.1, 0.15) is 16.8 Å². The van der Waals surface area contributed by atoms with Gasteiger partial charge in [0.05, 0.1) is 16.8 Å². The number of nitrogens with zero attached hydrogens (tertiary/aromatic N) is 3. The number of carbonyl (C=O) groups excluding carboxylic acids is 1.